The van der Waals surface area contributed by atoms with Crippen molar-refractivity contribution in [3.8, 4) is 0 Å². The van der Waals surface area contributed by atoms with Crippen LogP contribution in [0.25, 0.3) is 10.8 Å². The van der Waals surface area contributed by atoms with Crippen molar-refractivity contribution in [2.75, 3.05) is 57.1 Å². The standard InChI is InChI=1S/C40H40N4O4/c1-43(20-21-44-22-24-48-25-23-44)40(47)34-13-7-12-33(26-34)38(45)42-37-28-32-11-6-5-10-31(32)27-36(37)39(46)41-35-18-16-30(17-19-35)15-14-29-8-3-2-4-9-29/h2-13,16-19,26-28H,14-15,20-25H2,1H3,(H,41,46)(H,42,45). The van der Waals surface area contributed by atoms with Crippen LogP contribution < -0.4 is 10.6 Å². The number of hydrogen-bond donors (Lipinski definition) is 2. The summed E-state index contributed by atoms with van der Waals surface area (Å²) in [4.78, 5) is 44.4. The van der Waals surface area contributed by atoms with Crippen LogP contribution in [0.1, 0.15) is 42.2 Å². The Balaban J connectivity index is 1.15. The van der Waals surface area contributed by atoms with Crippen molar-refractivity contribution in [3.05, 3.63) is 143 Å². The zero-order chi connectivity index (χ0) is 33.3. The number of benzene rings is 5. The summed E-state index contributed by atoms with van der Waals surface area (Å²) in [5.41, 5.74) is 4.60. The van der Waals surface area contributed by atoms with Gasteiger partial charge >= 0.3 is 0 Å². The van der Waals surface area contributed by atoms with Gasteiger partial charge in [0, 0.05) is 50.0 Å². The number of nitrogens with zero attached hydrogens (tertiary/aromatic N) is 2. The number of ether oxygens (including phenoxy) is 1. The molecule has 0 spiro atoms. The van der Waals surface area contributed by atoms with Gasteiger partial charge in [0.15, 0.2) is 0 Å². The van der Waals surface area contributed by atoms with E-state index in [-0.39, 0.29) is 11.8 Å². The fourth-order valence-electron chi connectivity index (χ4n) is 5.84. The minimum Gasteiger partial charge on any atom is -0.379 e. The highest BCUT2D eigenvalue weighted by atomic mass is 16.5. The van der Waals surface area contributed by atoms with Gasteiger partial charge in [-0.05, 0) is 77.2 Å². The summed E-state index contributed by atoms with van der Waals surface area (Å²) >= 11 is 0. The number of morpholine rings is 1. The number of carbonyl (C=O) groups excluding carboxylic acids is 3. The second kappa shape index (κ2) is 15.5. The number of anilines is 2. The number of nitrogens with one attached hydrogen (secondary N) is 2. The number of aryl methyl sites for hydroxylation is 2. The molecule has 2 N–H and O–H groups in total. The van der Waals surface area contributed by atoms with Crippen molar-refractivity contribution in [3.63, 3.8) is 0 Å². The average molecular weight is 641 g/mol. The van der Waals surface area contributed by atoms with Crippen LogP contribution in [-0.2, 0) is 17.6 Å². The summed E-state index contributed by atoms with van der Waals surface area (Å²) in [6.45, 7) is 4.45. The lowest BCUT2D eigenvalue weighted by Gasteiger charge is -2.28. The zero-order valence-corrected chi connectivity index (χ0v) is 27.2. The molecule has 8 nitrogen and oxygen atoms in total. The Labute approximate surface area is 281 Å². The van der Waals surface area contributed by atoms with Gasteiger partial charge in [-0.25, -0.2) is 0 Å². The maximum absolute atomic E-state index is 13.7. The number of amides is 3. The van der Waals surface area contributed by atoms with Crippen molar-refractivity contribution in [1.82, 2.24) is 9.80 Å². The third kappa shape index (κ3) is 8.34. The van der Waals surface area contributed by atoms with E-state index in [4.69, 9.17) is 4.74 Å². The lowest BCUT2D eigenvalue weighted by molar-refractivity contribution is 0.0338. The Hall–Kier alpha value is -5.31. The van der Waals surface area contributed by atoms with Crippen LogP contribution in [0.4, 0.5) is 11.4 Å². The zero-order valence-electron chi connectivity index (χ0n) is 27.2. The highest BCUT2D eigenvalue weighted by Gasteiger charge is 2.19. The van der Waals surface area contributed by atoms with E-state index in [2.05, 4.69) is 27.7 Å². The molecule has 1 saturated heterocycles. The first kappa shape index (κ1) is 32.6. The summed E-state index contributed by atoms with van der Waals surface area (Å²) in [5.74, 6) is -0.901. The molecule has 3 amide bonds. The molecule has 0 saturated carbocycles. The minimum atomic E-state index is -0.410. The number of rotatable bonds is 11. The Morgan fingerprint density at radius 2 is 1.33 bits per heavy atom. The fourth-order valence-corrected chi connectivity index (χ4v) is 5.84. The van der Waals surface area contributed by atoms with Crippen LogP contribution >= 0.6 is 0 Å². The van der Waals surface area contributed by atoms with Crippen LogP contribution in [0.3, 0.4) is 0 Å². The first-order valence-electron chi connectivity index (χ1n) is 16.4. The molecule has 5 aromatic carbocycles. The molecule has 0 unspecified atom stereocenters. The van der Waals surface area contributed by atoms with Gasteiger partial charge in [-0.3, -0.25) is 19.3 Å². The molecular formula is C40H40N4O4. The van der Waals surface area contributed by atoms with Crippen LogP contribution in [0, 0.1) is 0 Å². The maximum atomic E-state index is 13.7. The summed E-state index contributed by atoms with van der Waals surface area (Å²) in [6, 6.07) is 36.2. The van der Waals surface area contributed by atoms with Gasteiger partial charge in [-0.2, -0.15) is 0 Å². The quantitative estimate of drug-likeness (QED) is 0.171. The topological polar surface area (TPSA) is 91.0 Å². The van der Waals surface area contributed by atoms with Gasteiger partial charge in [0.1, 0.15) is 0 Å². The van der Waals surface area contributed by atoms with Crippen LogP contribution in [0.2, 0.25) is 0 Å². The Morgan fingerprint density at radius 1 is 0.688 bits per heavy atom. The van der Waals surface area contributed by atoms with Crippen molar-refractivity contribution in [1.29, 1.82) is 0 Å². The summed E-state index contributed by atoms with van der Waals surface area (Å²) in [6.07, 6.45) is 1.84. The van der Waals surface area contributed by atoms with Gasteiger partial charge in [0.2, 0.25) is 0 Å². The summed E-state index contributed by atoms with van der Waals surface area (Å²) in [7, 11) is 1.77. The van der Waals surface area contributed by atoms with Crippen molar-refractivity contribution >= 4 is 39.9 Å². The van der Waals surface area contributed by atoms with E-state index >= 15 is 0 Å². The molecule has 1 fully saturated rings. The molecule has 0 atom stereocenters. The molecule has 48 heavy (non-hydrogen) atoms. The second-order valence-electron chi connectivity index (χ2n) is 12.1. The normalized spacial score (nSPS) is 13.2. The van der Waals surface area contributed by atoms with E-state index < -0.39 is 5.91 Å². The number of hydrogen-bond acceptors (Lipinski definition) is 5. The van der Waals surface area contributed by atoms with Crippen molar-refractivity contribution in [2.45, 2.75) is 12.8 Å². The van der Waals surface area contributed by atoms with Gasteiger partial charge in [0.05, 0.1) is 24.5 Å². The van der Waals surface area contributed by atoms with Gasteiger partial charge in [-0.15, -0.1) is 0 Å². The van der Waals surface area contributed by atoms with E-state index in [1.165, 1.54) is 11.1 Å². The molecule has 0 aromatic heterocycles. The molecule has 1 heterocycles. The third-order valence-corrected chi connectivity index (χ3v) is 8.71. The van der Waals surface area contributed by atoms with Crippen molar-refractivity contribution in [2.24, 2.45) is 0 Å². The molecule has 1 aliphatic heterocycles. The molecule has 5 aromatic rings. The fraction of sp³-hybridized carbons (Fsp3) is 0.225. The van der Waals surface area contributed by atoms with E-state index in [0.29, 0.717) is 47.8 Å². The third-order valence-electron chi connectivity index (χ3n) is 8.71. The molecule has 0 radical (unpaired) electrons. The number of carbonyl (C=O) groups is 3. The molecule has 0 bridgehead atoms. The molecule has 8 heteroatoms. The van der Waals surface area contributed by atoms with Gasteiger partial charge in [-0.1, -0.05) is 72.8 Å². The van der Waals surface area contributed by atoms with Gasteiger partial charge in [0.25, 0.3) is 17.7 Å². The first-order chi connectivity index (χ1) is 23.4. The largest absolute Gasteiger partial charge is 0.379 e. The first-order valence-corrected chi connectivity index (χ1v) is 16.4. The highest BCUT2D eigenvalue weighted by molar-refractivity contribution is 6.15. The SMILES string of the molecule is CN(CCN1CCOCC1)C(=O)c1cccc(C(=O)Nc2cc3ccccc3cc2C(=O)Nc2ccc(CCc3ccccc3)cc2)c1. The highest BCUT2D eigenvalue weighted by Crippen LogP contribution is 2.26. The number of fused-ring (bicyclic) bond motifs is 1. The van der Waals surface area contributed by atoms with Crippen LogP contribution in [0.5, 0.6) is 0 Å². The number of likely N-dealkylation sites (N-methyl/N-ethyl adjacent to an activating group) is 1. The van der Waals surface area contributed by atoms with Crippen LogP contribution in [0.15, 0.2) is 115 Å². The predicted octanol–water partition coefficient (Wildman–Crippen LogP) is 6.53. The van der Waals surface area contributed by atoms with Crippen LogP contribution in [-0.4, -0.2) is 74.0 Å². The molecule has 0 aliphatic carbocycles. The lowest BCUT2D eigenvalue weighted by atomic mass is 10.0. The Kier molecular flexibility index (Phi) is 10.5. The summed E-state index contributed by atoms with van der Waals surface area (Å²) in [5, 5.41) is 7.71. The van der Waals surface area contributed by atoms with E-state index in [9.17, 15) is 14.4 Å². The predicted molar refractivity (Wildman–Crippen MR) is 191 cm³/mol. The lowest BCUT2D eigenvalue weighted by Crippen LogP contribution is -2.41. The summed E-state index contributed by atoms with van der Waals surface area (Å²) < 4.78 is 5.41. The molecular weight excluding hydrogens is 600 g/mol. The van der Waals surface area contributed by atoms with E-state index in [0.717, 1.165) is 43.2 Å². The van der Waals surface area contributed by atoms with E-state index in [1.54, 1.807) is 42.3 Å². The van der Waals surface area contributed by atoms with E-state index in [1.807, 2.05) is 72.8 Å². The molecule has 244 valence electrons. The average Bonchev–Trinajstić information content (AvgIpc) is 3.13. The molecule has 1 aliphatic rings. The molecule has 6 rings (SSSR count). The van der Waals surface area contributed by atoms with Gasteiger partial charge < -0.3 is 20.3 Å². The Bertz CT molecular complexity index is 1890. The smallest absolute Gasteiger partial charge is 0.257 e. The Morgan fingerprint density at radius 3 is 2.06 bits per heavy atom. The minimum absolute atomic E-state index is 0.158. The van der Waals surface area contributed by atoms with Crippen molar-refractivity contribution < 1.29 is 19.1 Å². The second-order valence-corrected chi connectivity index (χ2v) is 12.1. The monoisotopic (exact) mass is 640 g/mol. The maximum Gasteiger partial charge on any atom is 0.257 e.